The smallest absolute Gasteiger partial charge is 0.224 e. The number of benzene rings is 1. The van der Waals surface area contributed by atoms with Crippen LogP contribution in [0.15, 0.2) is 39.7 Å². The fourth-order valence-electron chi connectivity index (χ4n) is 2.56. The molecule has 1 aliphatic rings. The number of thiophene rings is 1. The van der Waals surface area contributed by atoms with E-state index in [1.165, 1.54) is 15.7 Å². The fourth-order valence-corrected chi connectivity index (χ4v) is 3.87. The van der Waals surface area contributed by atoms with Gasteiger partial charge in [-0.3, -0.25) is 4.79 Å². The van der Waals surface area contributed by atoms with E-state index < -0.39 is 0 Å². The van der Waals surface area contributed by atoms with Gasteiger partial charge in [-0.15, -0.1) is 11.3 Å². The van der Waals surface area contributed by atoms with Gasteiger partial charge in [-0.1, -0.05) is 27.6 Å². The highest BCUT2D eigenvalue weighted by molar-refractivity contribution is 9.11. The molecule has 116 valence electrons. The number of nitrogens with one attached hydrogen (secondary N) is 1. The number of hydrogen-bond donors (Lipinski definition) is 1. The van der Waals surface area contributed by atoms with Crippen molar-refractivity contribution in [2.45, 2.75) is 19.3 Å². The molecule has 3 rings (SSSR count). The Kier molecular flexibility index (Phi) is 5.28. The minimum Gasteiger partial charge on any atom is -0.381 e. The van der Waals surface area contributed by atoms with Gasteiger partial charge in [-0.2, -0.15) is 0 Å². The van der Waals surface area contributed by atoms with Gasteiger partial charge >= 0.3 is 0 Å². The van der Waals surface area contributed by atoms with E-state index in [2.05, 4.69) is 44.8 Å². The maximum Gasteiger partial charge on any atom is 0.224 e. The molecule has 0 unspecified atom stereocenters. The molecule has 0 radical (unpaired) electrons. The highest BCUT2D eigenvalue weighted by atomic mass is 79.9. The second-order valence-electron chi connectivity index (χ2n) is 5.37. The highest BCUT2D eigenvalue weighted by Gasteiger charge is 2.11. The number of carbonyl (C=O) groups is 1. The van der Waals surface area contributed by atoms with Crippen molar-refractivity contribution in [3.63, 3.8) is 0 Å². The van der Waals surface area contributed by atoms with Crippen LogP contribution in [0.1, 0.15) is 18.4 Å². The molecule has 5 heteroatoms. The first-order valence-electron chi connectivity index (χ1n) is 7.39. The molecule has 1 saturated heterocycles. The third-order valence-electron chi connectivity index (χ3n) is 3.80. The normalized spacial score (nSPS) is 15.0. The fraction of sp³-hybridized carbons (Fsp3) is 0.353. The third-order valence-corrected chi connectivity index (χ3v) is 5.54. The van der Waals surface area contributed by atoms with Crippen molar-refractivity contribution < 1.29 is 9.53 Å². The van der Waals surface area contributed by atoms with Gasteiger partial charge in [0.2, 0.25) is 5.91 Å². The lowest BCUT2D eigenvalue weighted by Crippen LogP contribution is -2.27. The summed E-state index contributed by atoms with van der Waals surface area (Å²) in [4.78, 5) is 12.1. The average molecular weight is 380 g/mol. The Labute approximate surface area is 142 Å². The molecule has 0 bridgehead atoms. The Morgan fingerprint density at radius 3 is 2.91 bits per heavy atom. The zero-order chi connectivity index (χ0) is 15.4. The zero-order valence-electron chi connectivity index (χ0n) is 12.2. The molecule has 1 amide bonds. The minimum absolute atomic E-state index is 0.0548. The van der Waals surface area contributed by atoms with Crippen molar-refractivity contribution in [1.82, 2.24) is 5.32 Å². The van der Waals surface area contributed by atoms with E-state index in [4.69, 9.17) is 4.74 Å². The number of rotatable bonds is 4. The van der Waals surface area contributed by atoms with E-state index >= 15 is 0 Å². The molecule has 1 aliphatic heterocycles. The molecule has 0 atom stereocenters. The van der Waals surface area contributed by atoms with Crippen LogP contribution in [-0.4, -0.2) is 25.7 Å². The Bertz CT molecular complexity index is 700. The summed E-state index contributed by atoms with van der Waals surface area (Å²) < 4.78 is 7.70. The molecule has 0 saturated carbocycles. The van der Waals surface area contributed by atoms with Crippen molar-refractivity contribution >= 4 is 43.3 Å². The first-order valence-corrected chi connectivity index (χ1v) is 9.06. The van der Waals surface area contributed by atoms with E-state index in [0.717, 1.165) is 36.1 Å². The Morgan fingerprint density at radius 1 is 1.27 bits per heavy atom. The Morgan fingerprint density at radius 2 is 2.09 bits per heavy atom. The van der Waals surface area contributed by atoms with Crippen LogP contribution in [0, 0.1) is 0 Å². The van der Waals surface area contributed by atoms with Gasteiger partial charge in [-0.25, -0.2) is 0 Å². The van der Waals surface area contributed by atoms with Crippen molar-refractivity contribution in [3.05, 3.63) is 45.3 Å². The highest BCUT2D eigenvalue weighted by Crippen LogP contribution is 2.23. The minimum atomic E-state index is 0.0548. The summed E-state index contributed by atoms with van der Waals surface area (Å²) in [5, 5.41) is 6.27. The van der Waals surface area contributed by atoms with Gasteiger partial charge in [0.05, 0.1) is 19.6 Å². The summed E-state index contributed by atoms with van der Waals surface area (Å²) >= 11 is 5.31. The summed E-state index contributed by atoms with van der Waals surface area (Å²) in [5.41, 5.74) is 2.41. The van der Waals surface area contributed by atoms with E-state index in [-0.39, 0.29) is 5.91 Å². The maximum atomic E-state index is 12.1. The summed E-state index contributed by atoms with van der Waals surface area (Å²) in [6, 6.07) is 8.30. The van der Waals surface area contributed by atoms with Gasteiger partial charge < -0.3 is 10.1 Å². The van der Waals surface area contributed by atoms with E-state index in [1.807, 2.05) is 6.07 Å². The van der Waals surface area contributed by atoms with Crippen molar-refractivity contribution in [2.24, 2.45) is 0 Å². The van der Waals surface area contributed by atoms with Gasteiger partial charge in [0.25, 0.3) is 0 Å². The third kappa shape index (κ3) is 3.97. The van der Waals surface area contributed by atoms with Crippen LogP contribution in [0.25, 0.3) is 10.1 Å². The lowest BCUT2D eigenvalue weighted by atomic mass is 10.1. The lowest BCUT2D eigenvalue weighted by molar-refractivity contribution is -0.120. The van der Waals surface area contributed by atoms with E-state index in [9.17, 15) is 4.79 Å². The number of fused-ring (bicyclic) bond motifs is 1. The van der Waals surface area contributed by atoms with Crippen molar-refractivity contribution in [3.8, 4) is 0 Å². The van der Waals surface area contributed by atoms with Crippen molar-refractivity contribution in [1.29, 1.82) is 0 Å². The number of halogens is 1. The predicted molar refractivity (Wildman–Crippen MR) is 94.5 cm³/mol. The average Bonchev–Trinajstić information content (AvgIpc) is 3.01. The molecule has 1 aromatic heterocycles. The molecule has 1 fully saturated rings. The number of ether oxygens (including phenoxy) is 1. The lowest BCUT2D eigenvalue weighted by Gasteiger charge is -2.17. The summed E-state index contributed by atoms with van der Waals surface area (Å²) in [6.45, 7) is 2.12. The van der Waals surface area contributed by atoms with Gasteiger partial charge in [0, 0.05) is 15.7 Å². The predicted octanol–water partition coefficient (Wildman–Crippen LogP) is 4.02. The van der Waals surface area contributed by atoms with Crippen LogP contribution < -0.4 is 5.32 Å². The molecule has 3 nitrogen and oxygen atoms in total. The standard InChI is InChI=1S/C17H18BrNO2S/c18-15(13-3-6-21-7-4-13)11-19-17(20)10-12-1-2-16-14(9-12)5-8-22-16/h1-2,5,8-9H,3-4,6-7,10-11H2,(H,19,20). The van der Waals surface area contributed by atoms with Crippen LogP contribution in [0.3, 0.4) is 0 Å². The first-order chi connectivity index (χ1) is 10.7. The Balaban J connectivity index is 1.55. The van der Waals surface area contributed by atoms with E-state index in [1.54, 1.807) is 11.3 Å². The van der Waals surface area contributed by atoms with Crippen LogP contribution in [0.4, 0.5) is 0 Å². The number of carbonyl (C=O) groups excluding carboxylic acids is 1. The molecular weight excluding hydrogens is 362 g/mol. The molecule has 2 aromatic rings. The van der Waals surface area contributed by atoms with Gasteiger partial charge in [0.1, 0.15) is 0 Å². The van der Waals surface area contributed by atoms with Crippen LogP contribution in [0.5, 0.6) is 0 Å². The van der Waals surface area contributed by atoms with Crippen LogP contribution in [-0.2, 0) is 16.0 Å². The summed E-state index contributed by atoms with van der Waals surface area (Å²) in [6.07, 6.45) is 2.32. The maximum absolute atomic E-state index is 12.1. The molecule has 1 N–H and O–H groups in total. The quantitative estimate of drug-likeness (QED) is 0.870. The monoisotopic (exact) mass is 379 g/mol. The molecular formula is C17H18BrNO2S. The zero-order valence-corrected chi connectivity index (χ0v) is 14.6. The molecule has 22 heavy (non-hydrogen) atoms. The van der Waals surface area contributed by atoms with Gasteiger partial charge in [-0.05, 0) is 47.4 Å². The van der Waals surface area contributed by atoms with Crippen LogP contribution in [0.2, 0.25) is 0 Å². The van der Waals surface area contributed by atoms with Crippen molar-refractivity contribution in [2.75, 3.05) is 19.8 Å². The number of hydrogen-bond acceptors (Lipinski definition) is 3. The van der Waals surface area contributed by atoms with Gasteiger partial charge in [0.15, 0.2) is 0 Å². The number of amides is 1. The first kappa shape index (κ1) is 15.7. The second kappa shape index (κ2) is 7.40. The molecule has 0 spiro atoms. The molecule has 0 aliphatic carbocycles. The van der Waals surface area contributed by atoms with E-state index in [0.29, 0.717) is 13.0 Å². The second-order valence-corrected chi connectivity index (χ2v) is 7.27. The Hall–Kier alpha value is -1.17. The topological polar surface area (TPSA) is 38.3 Å². The van der Waals surface area contributed by atoms with Crippen LogP contribution >= 0.6 is 27.3 Å². The molecule has 1 aromatic carbocycles. The molecule has 2 heterocycles. The largest absolute Gasteiger partial charge is 0.381 e. The SMILES string of the molecule is O=C(Cc1ccc2sccc2c1)NCC(Br)=C1CCOCC1. The summed E-state index contributed by atoms with van der Waals surface area (Å²) in [5.74, 6) is 0.0548. The summed E-state index contributed by atoms with van der Waals surface area (Å²) in [7, 11) is 0.